The van der Waals surface area contributed by atoms with Gasteiger partial charge >= 0.3 is 0 Å². The van der Waals surface area contributed by atoms with Crippen molar-refractivity contribution in [3.05, 3.63) is 21.9 Å². The maximum Gasteiger partial charge on any atom is 0.136 e. The van der Waals surface area contributed by atoms with Crippen LogP contribution in [-0.4, -0.2) is 5.78 Å². The van der Waals surface area contributed by atoms with Gasteiger partial charge in [0, 0.05) is 22.6 Å². The first kappa shape index (κ1) is 10.4. The Morgan fingerprint density at radius 2 is 2.27 bits per heavy atom. The standard InChI is InChI=1S/C12H13NOS/c1-2-3-10-4-5-11(15-10)12(8-13)6-9(14)7-12/h4-5H,2-3,6-7H2,1H3. The Balaban J connectivity index is 2.22. The van der Waals surface area contributed by atoms with Gasteiger partial charge in [-0.25, -0.2) is 0 Å². The SMILES string of the molecule is CCCc1ccc(C2(C#N)CC(=O)C2)s1. The van der Waals surface area contributed by atoms with Crippen LogP contribution in [0.5, 0.6) is 0 Å². The normalized spacial score (nSPS) is 18.3. The number of Topliss-reactive ketones (excluding diaryl/α,β-unsaturated/α-hetero) is 1. The molecule has 0 radical (unpaired) electrons. The molecule has 15 heavy (non-hydrogen) atoms. The first-order chi connectivity index (χ1) is 7.20. The summed E-state index contributed by atoms with van der Waals surface area (Å²) < 4.78 is 0. The van der Waals surface area contributed by atoms with Gasteiger partial charge in [0.05, 0.1) is 6.07 Å². The van der Waals surface area contributed by atoms with Crippen LogP contribution in [0.1, 0.15) is 35.9 Å². The van der Waals surface area contributed by atoms with Gasteiger partial charge in [0.25, 0.3) is 0 Å². The molecule has 2 nitrogen and oxygen atoms in total. The summed E-state index contributed by atoms with van der Waals surface area (Å²) >= 11 is 1.69. The molecule has 0 bridgehead atoms. The maximum absolute atomic E-state index is 11.0. The Morgan fingerprint density at radius 3 is 2.80 bits per heavy atom. The largest absolute Gasteiger partial charge is 0.300 e. The number of nitrogens with zero attached hydrogens (tertiary/aromatic N) is 1. The fourth-order valence-corrected chi connectivity index (χ4v) is 3.19. The molecule has 1 fully saturated rings. The fraction of sp³-hybridized carbons (Fsp3) is 0.500. The Kier molecular flexibility index (Phi) is 2.62. The van der Waals surface area contributed by atoms with Crippen molar-refractivity contribution in [2.75, 3.05) is 0 Å². The highest BCUT2D eigenvalue weighted by Crippen LogP contribution is 2.43. The number of hydrogen-bond acceptors (Lipinski definition) is 3. The Labute approximate surface area is 93.5 Å². The van der Waals surface area contributed by atoms with Gasteiger partial charge in [-0.3, -0.25) is 4.79 Å². The third kappa shape index (κ3) is 1.70. The molecule has 1 aromatic heterocycles. The molecule has 0 saturated heterocycles. The number of rotatable bonds is 3. The molecule has 3 heteroatoms. The fourth-order valence-electron chi connectivity index (χ4n) is 1.95. The second kappa shape index (κ2) is 3.79. The highest BCUT2D eigenvalue weighted by molar-refractivity contribution is 7.12. The average molecular weight is 219 g/mol. The van der Waals surface area contributed by atoms with Crippen molar-refractivity contribution in [1.82, 2.24) is 0 Å². The smallest absolute Gasteiger partial charge is 0.136 e. The average Bonchev–Trinajstić information content (AvgIpc) is 2.62. The van der Waals surface area contributed by atoms with Crippen LogP contribution in [0.4, 0.5) is 0 Å². The summed E-state index contributed by atoms with van der Waals surface area (Å²) in [7, 11) is 0. The van der Waals surface area contributed by atoms with E-state index in [0.717, 1.165) is 17.7 Å². The molecule has 0 amide bonds. The van der Waals surface area contributed by atoms with Crippen molar-refractivity contribution in [3.8, 4) is 6.07 Å². The van der Waals surface area contributed by atoms with E-state index in [9.17, 15) is 4.79 Å². The van der Waals surface area contributed by atoms with E-state index >= 15 is 0 Å². The van der Waals surface area contributed by atoms with Crippen molar-refractivity contribution in [2.45, 2.75) is 38.0 Å². The summed E-state index contributed by atoms with van der Waals surface area (Å²) in [5.74, 6) is 0.210. The molecular formula is C12H13NOS. The Morgan fingerprint density at radius 1 is 1.53 bits per heavy atom. The quantitative estimate of drug-likeness (QED) is 0.784. The molecule has 2 rings (SSSR count). The molecule has 1 aliphatic rings. The second-order valence-corrected chi connectivity index (χ2v) is 5.27. The Bertz CT molecular complexity index is 419. The molecule has 0 spiro atoms. The summed E-state index contributed by atoms with van der Waals surface area (Å²) in [6.07, 6.45) is 3.02. The van der Waals surface area contributed by atoms with Gasteiger partial charge in [-0.15, -0.1) is 11.3 Å². The van der Waals surface area contributed by atoms with Gasteiger partial charge in [0.1, 0.15) is 11.2 Å². The molecule has 78 valence electrons. The Hall–Kier alpha value is -1.14. The predicted octanol–water partition coefficient (Wildman–Crippen LogP) is 2.82. The summed E-state index contributed by atoms with van der Waals surface area (Å²) in [4.78, 5) is 13.4. The van der Waals surface area contributed by atoms with Crippen LogP contribution < -0.4 is 0 Å². The number of carbonyl (C=O) groups excluding carboxylic acids is 1. The summed E-state index contributed by atoms with van der Waals surface area (Å²) in [5, 5.41) is 9.15. The van der Waals surface area contributed by atoms with Crippen LogP contribution in [0.25, 0.3) is 0 Å². The van der Waals surface area contributed by atoms with E-state index < -0.39 is 5.41 Å². The lowest BCUT2D eigenvalue weighted by atomic mass is 9.68. The molecule has 0 aromatic carbocycles. The van der Waals surface area contributed by atoms with Gasteiger partial charge in [0.15, 0.2) is 0 Å². The molecule has 1 saturated carbocycles. The van der Waals surface area contributed by atoms with Crippen molar-refractivity contribution in [3.63, 3.8) is 0 Å². The second-order valence-electron chi connectivity index (χ2n) is 4.10. The topological polar surface area (TPSA) is 40.9 Å². The summed E-state index contributed by atoms with van der Waals surface area (Å²) in [6, 6.07) is 6.41. The van der Waals surface area contributed by atoms with Crippen molar-refractivity contribution < 1.29 is 4.79 Å². The molecule has 0 unspecified atom stereocenters. The van der Waals surface area contributed by atoms with E-state index in [2.05, 4.69) is 19.1 Å². The van der Waals surface area contributed by atoms with E-state index in [1.807, 2.05) is 6.07 Å². The minimum Gasteiger partial charge on any atom is -0.300 e. The van der Waals surface area contributed by atoms with Gasteiger partial charge in [-0.1, -0.05) is 13.3 Å². The zero-order valence-corrected chi connectivity index (χ0v) is 9.56. The molecule has 1 heterocycles. The minimum absolute atomic E-state index is 0.210. The van der Waals surface area contributed by atoms with Crippen LogP contribution in [-0.2, 0) is 16.6 Å². The molecule has 0 aliphatic heterocycles. The van der Waals surface area contributed by atoms with E-state index in [-0.39, 0.29) is 5.78 Å². The highest BCUT2D eigenvalue weighted by atomic mass is 32.1. The molecular weight excluding hydrogens is 206 g/mol. The van der Waals surface area contributed by atoms with Crippen LogP contribution in [0, 0.1) is 11.3 Å². The third-order valence-corrected chi connectivity index (χ3v) is 4.19. The zero-order chi connectivity index (χ0) is 10.9. The minimum atomic E-state index is -0.478. The maximum atomic E-state index is 11.0. The van der Waals surface area contributed by atoms with Crippen LogP contribution in [0.2, 0.25) is 0 Å². The molecule has 0 N–H and O–H groups in total. The number of ketones is 1. The molecule has 1 aliphatic carbocycles. The number of carbonyl (C=O) groups is 1. The van der Waals surface area contributed by atoms with Gasteiger partial charge in [0.2, 0.25) is 0 Å². The van der Waals surface area contributed by atoms with E-state index in [1.165, 1.54) is 4.88 Å². The number of nitriles is 1. The van der Waals surface area contributed by atoms with Crippen LogP contribution in [0.3, 0.4) is 0 Å². The van der Waals surface area contributed by atoms with E-state index in [1.54, 1.807) is 11.3 Å². The number of aryl methyl sites for hydroxylation is 1. The lowest BCUT2D eigenvalue weighted by molar-refractivity contribution is -0.126. The number of thiophene rings is 1. The predicted molar refractivity (Wildman–Crippen MR) is 59.8 cm³/mol. The first-order valence-electron chi connectivity index (χ1n) is 5.22. The first-order valence-corrected chi connectivity index (χ1v) is 6.04. The van der Waals surface area contributed by atoms with Crippen LogP contribution in [0.15, 0.2) is 12.1 Å². The van der Waals surface area contributed by atoms with Gasteiger partial charge < -0.3 is 0 Å². The molecule has 1 aromatic rings. The van der Waals surface area contributed by atoms with Crippen molar-refractivity contribution in [2.24, 2.45) is 0 Å². The highest BCUT2D eigenvalue weighted by Gasteiger charge is 2.46. The van der Waals surface area contributed by atoms with Crippen LogP contribution >= 0.6 is 11.3 Å². The monoisotopic (exact) mass is 219 g/mol. The van der Waals surface area contributed by atoms with Crippen molar-refractivity contribution in [1.29, 1.82) is 5.26 Å². The zero-order valence-electron chi connectivity index (χ0n) is 8.75. The van der Waals surface area contributed by atoms with E-state index in [4.69, 9.17) is 5.26 Å². The van der Waals surface area contributed by atoms with Crippen molar-refractivity contribution >= 4 is 17.1 Å². The summed E-state index contributed by atoms with van der Waals surface area (Å²) in [5.41, 5.74) is -0.478. The third-order valence-electron chi connectivity index (χ3n) is 2.84. The molecule has 0 atom stereocenters. The lowest BCUT2D eigenvalue weighted by Gasteiger charge is -2.32. The van der Waals surface area contributed by atoms with Gasteiger partial charge in [-0.2, -0.15) is 5.26 Å². The lowest BCUT2D eigenvalue weighted by Crippen LogP contribution is -2.39. The number of hydrogen-bond donors (Lipinski definition) is 0. The van der Waals surface area contributed by atoms with E-state index in [0.29, 0.717) is 12.8 Å². The summed E-state index contributed by atoms with van der Waals surface area (Å²) in [6.45, 7) is 2.15. The van der Waals surface area contributed by atoms with Gasteiger partial charge in [-0.05, 0) is 18.6 Å².